The van der Waals surface area contributed by atoms with Crippen molar-refractivity contribution >= 4 is 33.1 Å². The van der Waals surface area contributed by atoms with E-state index in [4.69, 9.17) is 19.4 Å². The minimum Gasteiger partial charge on any atom is -0.506 e. The van der Waals surface area contributed by atoms with Crippen molar-refractivity contribution in [2.24, 2.45) is 5.10 Å². The molecule has 156 valence electrons. The Bertz CT molecular complexity index is 995. The molecule has 11 nitrogen and oxygen atoms in total. The number of benzene rings is 1. The molecule has 0 heterocycles. The summed E-state index contributed by atoms with van der Waals surface area (Å²) in [5, 5.41) is 24.3. The van der Waals surface area contributed by atoms with E-state index in [1.807, 2.05) is 0 Å². The van der Waals surface area contributed by atoms with Crippen molar-refractivity contribution in [3.8, 4) is 5.75 Å². The quantitative estimate of drug-likeness (QED) is 0.134. The molecule has 1 aromatic rings. The number of aromatic hydroxyl groups is 1. The van der Waals surface area contributed by atoms with E-state index in [2.05, 4.69) is 15.8 Å². The Balaban J connectivity index is 2.12. The van der Waals surface area contributed by atoms with Gasteiger partial charge < -0.3 is 19.9 Å². The zero-order chi connectivity index (χ0) is 21.6. The monoisotopic (exact) mass is 424 g/mol. The number of ether oxygens (including phenoxy) is 2. The maximum atomic E-state index is 12.2. The van der Waals surface area contributed by atoms with Crippen molar-refractivity contribution in [3.63, 3.8) is 0 Å². The summed E-state index contributed by atoms with van der Waals surface area (Å²) in [6, 6.07) is 4.04. The van der Waals surface area contributed by atoms with E-state index in [0.717, 1.165) is 12.2 Å². The summed E-state index contributed by atoms with van der Waals surface area (Å²) >= 11 is 0. The molecule has 0 aliphatic heterocycles. The number of carbonyl (C=O) groups is 1. The number of hydrazone groups is 1. The van der Waals surface area contributed by atoms with Crippen LogP contribution in [0.1, 0.15) is 10.4 Å². The van der Waals surface area contributed by atoms with E-state index in [-0.39, 0.29) is 35.0 Å². The number of nitrogens with one attached hydrogen (secondary N) is 3. The fraction of sp³-hybridized carbons (Fsp3) is 0.235. The van der Waals surface area contributed by atoms with E-state index in [1.54, 1.807) is 0 Å². The van der Waals surface area contributed by atoms with Crippen LogP contribution in [0.4, 0.5) is 5.69 Å². The van der Waals surface area contributed by atoms with Gasteiger partial charge >= 0.3 is 0 Å². The first-order valence-electron chi connectivity index (χ1n) is 8.12. The molecule has 2 rings (SSSR count). The largest absolute Gasteiger partial charge is 0.506 e. The molecule has 0 fully saturated rings. The molecule has 29 heavy (non-hydrogen) atoms. The molecule has 0 atom stereocenters. The fourth-order valence-corrected chi connectivity index (χ4v) is 2.71. The molecule has 5 N–H and O–H groups in total. The summed E-state index contributed by atoms with van der Waals surface area (Å²) < 4.78 is 41.1. The van der Waals surface area contributed by atoms with E-state index >= 15 is 0 Å². The van der Waals surface area contributed by atoms with Gasteiger partial charge in [-0.05, 0) is 36.4 Å². The summed E-state index contributed by atoms with van der Waals surface area (Å²) in [6.45, 7) is 0.113. The van der Waals surface area contributed by atoms with Crippen LogP contribution in [0, 0.1) is 5.41 Å². The molecule has 0 aromatic heterocycles. The van der Waals surface area contributed by atoms with Crippen molar-refractivity contribution in [2.75, 3.05) is 26.2 Å². The molecule has 0 radical (unpaired) electrons. The highest BCUT2D eigenvalue weighted by atomic mass is 32.2. The highest BCUT2D eigenvalue weighted by Gasteiger charge is 2.18. The average Bonchev–Trinajstić information content (AvgIpc) is 2.68. The van der Waals surface area contributed by atoms with Gasteiger partial charge in [0.15, 0.2) is 6.29 Å². The molecule has 1 aliphatic carbocycles. The summed E-state index contributed by atoms with van der Waals surface area (Å²) in [6.07, 6.45) is 2.62. The van der Waals surface area contributed by atoms with Gasteiger partial charge in [-0.3, -0.25) is 20.2 Å². The second-order valence-corrected chi connectivity index (χ2v) is 7.14. The Morgan fingerprint density at radius 3 is 2.55 bits per heavy atom. The number of hydrogen-bond donors (Lipinski definition) is 5. The smallest absolute Gasteiger partial charge is 0.294 e. The van der Waals surface area contributed by atoms with Crippen LogP contribution in [0.3, 0.4) is 0 Å². The Kier molecular flexibility index (Phi) is 7.23. The van der Waals surface area contributed by atoms with Crippen molar-refractivity contribution < 1.29 is 32.3 Å². The fourth-order valence-electron chi connectivity index (χ4n) is 2.20. The molecular weight excluding hydrogens is 404 g/mol. The number of carbonyl (C=O) groups excluding carboxylic acids is 1. The maximum Gasteiger partial charge on any atom is 0.294 e. The average molecular weight is 424 g/mol. The van der Waals surface area contributed by atoms with Crippen molar-refractivity contribution in [1.29, 1.82) is 5.41 Å². The summed E-state index contributed by atoms with van der Waals surface area (Å²) in [4.78, 5) is 11.8. The summed E-state index contributed by atoms with van der Waals surface area (Å²) in [7, 11) is -1.56. The van der Waals surface area contributed by atoms with Crippen LogP contribution in [0.25, 0.3) is 0 Å². The van der Waals surface area contributed by atoms with Gasteiger partial charge in [-0.15, -0.1) is 0 Å². The predicted molar refractivity (Wildman–Crippen MR) is 106 cm³/mol. The van der Waals surface area contributed by atoms with Gasteiger partial charge in [-0.2, -0.15) is 13.5 Å². The lowest BCUT2D eigenvalue weighted by Crippen LogP contribution is -2.34. The van der Waals surface area contributed by atoms with Gasteiger partial charge in [-0.1, -0.05) is 0 Å². The van der Waals surface area contributed by atoms with Gasteiger partial charge in [0.25, 0.3) is 16.0 Å². The molecule has 0 unspecified atom stereocenters. The third-order valence-corrected chi connectivity index (χ3v) is 4.63. The normalized spacial score (nSPS) is 15.5. The molecule has 0 saturated heterocycles. The van der Waals surface area contributed by atoms with Crippen LogP contribution in [-0.2, 0) is 19.6 Å². The zero-order valence-corrected chi connectivity index (χ0v) is 16.4. The number of rotatable bonds is 8. The third kappa shape index (κ3) is 5.96. The number of phenolic OH excluding ortho intramolecular Hbond substituents is 1. The first kappa shape index (κ1) is 22.2. The zero-order valence-electron chi connectivity index (χ0n) is 15.5. The highest BCUT2D eigenvalue weighted by Crippen LogP contribution is 2.24. The van der Waals surface area contributed by atoms with Crippen LogP contribution in [0.15, 0.2) is 46.4 Å². The number of anilines is 1. The number of amides is 1. The molecular formula is C17H20N4O7S. The standard InChI is InChI=1S/C17H20N4O7S/c1-27-16(28-2)9-19-17(23)10-3-6-15(22)14(7-10)21-20-13-5-4-11(8-12(13)18)29(24,25)26/h3-8,16,18,21-22H,9H2,1-2H3,(H,19,23)(H,24,25,26)/b18-12?,20-13-. The van der Waals surface area contributed by atoms with Gasteiger partial charge in [-0.25, -0.2) is 0 Å². The van der Waals surface area contributed by atoms with Crippen LogP contribution in [0.2, 0.25) is 0 Å². The maximum absolute atomic E-state index is 12.2. The minimum atomic E-state index is -4.43. The van der Waals surface area contributed by atoms with Gasteiger partial charge in [0.05, 0.1) is 22.8 Å². The second kappa shape index (κ2) is 9.43. The first-order chi connectivity index (χ1) is 13.7. The van der Waals surface area contributed by atoms with E-state index < -0.39 is 27.2 Å². The van der Waals surface area contributed by atoms with Gasteiger partial charge in [0, 0.05) is 19.8 Å². The molecule has 0 spiro atoms. The Labute approximate surface area is 167 Å². The van der Waals surface area contributed by atoms with Crippen LogP contribution in [-0.4, -0.2) is 62.5 Å². The Morgan fingerprint density at radius 1 is 1.28 bits per heavy atom. The lowest BCUT2D eigenvalue weighted by atomic mass is 10.1. The number of allylic oxidation sites excluding steroid dienone is 3. The number of nitrogens with zero attached hydrogens (tertiary/aromatic N) is 1. The first-order valence-corrected chi connectivity index (χ1v) is 9.56. The van der Waals surface area contributed by atoms with E-state index in [1.165, 1.54) is 38.5 Å². The Hall–Kier alpha value is -3.06. The lowest BCUT2D eigenvalue weighted by molar-refractivity contribution is -0.0974. The van der Waals surface area contributed by atoms with Gasteiger partial charge in [0.1, 0.15) is 11.5 Å². The molecule has 12 heteroatoms. The predicted octanol–water partition coefficient (Wildman–Crippen LogP) is 0.870. The van der Waals surface area contributed by atoms with Gasteiger partial charge in [0.2, 0.25) is 0 Å². The SMILES string of the molecule is COC(CNC(=O)c1ccc(O)c(N/N=C2/C=CC(S(=O)(=O)O)=CC2=N)c1)OC. The highest BCUT2D eigenvalue weighted by molar-refractivity contribution is 7.90. The van der Waals surface area contributed by atoms with Crippen molar-refractivity contribution in [3.05, 3.63) is 46.9 Å². The molecule has 1 amide bonds. The number of methoxy groups -OCH3 is 2. The van der Waals surface area contributed by atoms with Crippen molar-refractivity contribution in [2.45, 2.75) is 6.29 Å². The number of hydrogen-bond acceptors (Lipinski definition) is 9. The van der Waals surface area contributed by atoms with Crippen LogP contribution >= 0.6 is 0 Å². The third-order valence-electron chi connectivity index (χ3n) is 3.78. The summed E-state index contributed by atoms with van der Waals surface area (Å²) in [5.41, 5.74) is 2.61. The van der Waals surface area contributed by atoms with Crippen LogP contribution in [0.5, 0.6) is 5.75 Å². The second-order valence-electron chi connectivity index (χ2n) is 5.72. The Morgan fingerprint density at radius 2 is 1.97 bits per heavy atom. The van der Waals surface area contributed by atoms with E-state index in [9.17, 15) is 18.3 Å². The van der Waals surface area contributed by atoms with E-state index in [0.29, 0.717) is 0 Å². The molecule has 0 bridgehead atoms. The molecule has 1 aliphatic rings. The van der Waals surface area contributed by atoms with Crippen LogP contribution < -0.4 is 10.7 Å². The molecule has 1 aromatic carbocycles. The minimum absolute atomic E-state index is 0.0506. The number of phenols is 1. The van der Waals surface area contributed by atoms with Crippen molar-refractivity contribution in [1.82, 2.24) is 5.32 Å². The molecule has 0 saturated carbocycles. The topological polar surface area (TPSA) is 170 Å². The lowest BCUT2D eigenvalue weighted by Gasteiger charge is -2.14. The summed E-state index contributed by atoms with van der Waals surface area (Å²) in [5.74, 6) is -0.635.